The Hall–Kier alpha value is -1.67. The third-order valence-corrected chi connectivity index (χ3v) is 3.05. The summed E-state index contributed by atoms with van der Waals surface area (Å²) in [5.41, 5.74) is 0. The molecule has 20 heavy (non-hydrogen) atoms. The summed E-state index contributed by atoms with van der Waals surface area (Å²) in [4.78, 5) is 15.1. The van der Waals surface area contributed by atoms with Crippen molar-refractivity contribution in [2.45, 2.75) is 19.3 Å². The van der Waals surface area contributed by atoms with Crippen LogP contribution in [0.15, 0.2) is 0 Å². The van der Waals surface area contributed by atoms with Gasteiger partial charge in [0.2, 0.25) is 17.8 Å². The molecule has 2 heterocycles. The van der Waals surface area contributed by atoms with Crippen molar-refractivity contribution in [2.24, 2.45) is 0 Å². The van der Waals surface area contributed by atoms with E-state index in [1.165, 1.54) is 6.42 Å². The molecular formula is C12H22N6O2. The quantitative estimate of drug-likeness (QED) is 0.539. The van der Waals surface area contributed by atoms with Crippen LogP contribution in [0.5, 0.6) is 0 Å². The third-order valence-electron chi connectivity index (χ3n) is 3.05. The van der Waals surface area contributed by atoms with Gasteiger partial charge in [0.1, 0.15) is 0 Å². The molecule has 8 nitrogen and oxygen atoms in total. The van der Waals surface area contributed by atoms with Crippen molar-refractivity contribution in [2.75, 3.05) is 54.9 Å². The van der Waals surface area contributed by atoms with E-state index in [4.69, 9.17) is 10.2 Å². The molecule has 0 saturated carbocycles. The number of nitrogens with one attached hydrogen (secondary N) is 2. The van der Waals surface area contributed by atoms with E-state index in [2.05, 4.69) is 30.5 Å². The molecule has 0 unspecified atom stereocenters. The van der Waals surface area contributed by atoms with Crippen molar-refractivity contribution in [1.29, 1.82) is 0 Å². The summed E-state index contributed by atoms with van der Waals surface area (Å²) in [6.07, 6.45) is 3.53. The van der Waals surface area contributed by atoms with Crippen LogP contribution in [0.4, 0.5) is 17.8 Å². The molecule has 0 radical (unpaired) electrons. The molecule has 1 aromatic rings. The fourth-order valence-electron chi connectivity index (χ4n) is 2.09. The predicted molar refractivity (Wildman–Crippen MR) is 77.0 cm³/mol. The zero-order valence-electron chi connectivity index (χ0n) is 11.5. The van der Waals surface area contributed by atoms with Crippen LogP contribution in [0, 0.1) is 0 Å². The largest absolute Gasteiger partial charge is 0.395 e. The molecule has 1 saturated heterocycles. The normalized spacial score (nSPS) is 15.2. The van der Waals surface area contributed by atoms with Gasteiger partial charge in [0, 0.05) is 26.2 Å². The van der Waals surface area contributed by atoms with Crippen LogP contribution in [-0.4, -0.2) is 64.6 Å². The molecule has 1 aliphatic heterocycles. The summed E-state index contributed by atoms with van der Waals surface area (Å²) in [7, 11) is 0. The first-order chi connectivity index (χ1) is 9.83. The van der Waals surface area contributed by atoms with Gasteiger partial charge in [-0.2, -0.15) is 15.0 Å². The Bertz CT molecular complexity index is 385. The molecule has 0 amide bonds. The highest BCUT2D eigenvalue weighted by molar-refractivity contribution is 5.44. The maximum atomic E-state index is 8.86. The predicted octanol–water partition coefficient (Wildman–Crippen LogP) is -0.330. The van der Waals surface area contributed by atoms with Gasteiger partial charge in [-0.1, -0.05) is 0 Å². The first-order valence-corrected chi connectivity index (χ1v) is 7.04. The van der Waals surface area contributed by atoms with E-state index in [0.717, 1.165) is 25.9 Å². The number of aliphatic hydroxyl groups is 2. The van der Waals surface area contributed by atoms with E-state index >= 15 is 0 Å². The number of rotatable bonds is 7. The topological polar surface area (TPSA) is 106 Å². The highest BCUT2D eigenvalue weighted by Crippen LogP contribution is 2.18. The van der Waals surface area contributed by atoms with Gasteiger partial charge in [-0.05, 0) is 19.3 Å². The SMILES string of the molecule is OCCNc1nc(NCCO)nc(N2CCCCC2)n1. The summed E-state index contributed by atoms with van der Waals surface area (Å²) in [6.45, 7) is 2.71. The van der Waals surface area contributed by atoms with Crippen LogP contribution in [0.25, 0.3) is 0 Å². The smallest absolute Gasteiger partial charge is 0.231 e. The van der Waals surface area contributed by atoms with Crippen LogP contribution in [0.1, 0.15) is 19.3 Å². The monoisotopic (exact) mass is 282 g/mol. The molecule has 1 fully saturated rings. The van der Waals surface area contributed by atoms with Crippen LogP contribution in [-0.2, 0) is 0 Å². The lowest BCUT2D eigenvalue weighted by molar-refractivity contribution is 0.310. The summed E-state index contributed by atoms with van der Waals surface area (Å²) < 4.78 is 0. The van der Waals surface area contributed by atoms with E-state index in [-0.39, 0.29) is 13.2 Å². The zero-order valence-corrected chi connectivity index (χ0v) is 11.5. The maximum absolute atomic E-state index is 8.86. The fraction of sp³-hybridized carbons (Fsp3) is 0.750. The number of hydrogen-bond donors (Lipinski definition) is 4. The van der Waals surface area contributed by atoms with Crippen LogP contribution in [0.3, 0.4) is 0 Å². The molecule has 0 aliphatic carbocycles. The van der Waals surface area contributed by atoms with Gasteiger partial charge >= 0.3 is 0 Å². The summed E-state index contributed by atoms with van der Waals surface area (Å²) in [5, 5.41) is 23.6. The number of nitrogens with zero attached hydrogens (tertiary/aromatic N) is 4. The molecular weight excluding hydrogens is 260 g/mol. The highest BCUT2D eigenvalue weighted by atomic mass is 16.3. The average molecular weight is 282 g/mol. The second-order valence-electron chi connectivity index (χ2n) is 4.63. The van der Waals surface area contributed by atoms with Crippen molar-refractivity contribution in [3.05, 3.63) is 0 Å². The summed E-state index contributed by atoms with van der Waals surface area (Å²) >= 11 is 0. The number of aliphatic hydroxyl groups excluding tert-OH is 2. The second kappa shape index (κ2) is 7.81. The number of aromatic nitrogens is 3. The first-order valence-electron chi connectivity index (χ1n) is 7.04. The van der Waals surface area contributed by atoms with Crippen molar-refractivity contribution in [1.82, 2.24) is 15.0 Å². The lowest BCUT2D eigenvalue weighted by atomic mass is 10.1. The van der Waals surface area contributed by atoms with Gasteiger partial charge < -0.3 is 25.7 Å². The van der Waals surface area contributed by atoms with Crippen LogP contribution in [0.2, 0.25) is 0 Å². The molecule has 2 rings (SSSR count). The lowest BCUT2D eigenvalue weighted by Gasteiger charge is -2.27. The second-order valence-corrected chi connectivity index (χ2v) is 4.63. The molecule has 0 bridgehead atoms. The summed E-state index contributed by atoms with van der Waals surface area (Å²) in [5.74, 6) is 1.52. The van der Waals surface area contributed by atoms with Crippen molar-refractivity contribution >= 4 is 17.8 Å². The minimum absolute atomic E-state index is 0.0180. The first kappa shape index (κ1) is 14.7. The van der Waals surface area contributed by atoms with Crippen molar-refractivity contribution < 1.29 is 10.2 Å². The van der Waals surface area contributed by atoms with Crippen molar-refractivity contribution in [3.63, 3.8) is 0 Å². The fourth-order valence-corrected chi connectivity index (χ4v) is 2.09. The number of hydrogen-bond acceptors (Lipinski definition) is 8. The van der Waals surface area contributed by atoms with E-state index < -0.39 is 0 Å². The van der Waals surface area contributed by atoms with Crippen LogP contribution < -0.4 is 15.5 Å². The Morgan fingerprint density at radius 2 is 1.40 bits per heavy atom. The van der Waals surface area contributed by atoms with Crippen molar-refractivity contribution in [3.8, 4) is 0 Å². The molecule has 8 heteroatoms. The van der Waals surface area contributed by atoms with Gasteiger partial charge in [-0.3, -0.25) is 0 Å². The lowest BCUT2D eigenvalue weighted by Crippen LogP contribution is -2.31. The van der Waals surface area contributed by atoms with E-state index in [9.17, 15) is 0 Å². The Morgan fingerprint density at radius 3 is 1.90 bits per heavy atom. The summed E-state index contributed by atoms with van der Waals surface area (Å²) in [6, 6.07) is 0. The molecule has 112 valence electrons. The Balaban J connectivity index is 2.14. The van der Waals surface area contributed by atoms with Gasteiger partial charge in [0.15, 0.2) is 0 Å². The van der Waals surface area contributed by atoms with E-state index in [1.807, 2.05) is 0 Å². The molecule has 0 atom stereocenters. The molecule has 0 spiro atoms. The van der Waals surface area contributed by atoms with Crippen LogP contribution >= 0.6 is 0 Å². The minimum Gasteiger partial charge on any atom is -0.395 e. The molecule has 0 aromatic carbocycles. The van der Waals surface area contributed by atoms with Gasteiger partial charge in [-0.25, -0.2) is 0 Å². The van der Waals surface area contributed by atoms with E-state index in [0.29, 0.717) is 30.9 Å². The van der Waals surface area contributed by atoms with E-state index in [1.54, 1.807) is 0 Å². The van der Waals surface area contributed by atoms with Gasteiger partial charge in [-0.15, -0.1) is 0 Å². The Labute approximate surface area is 118 Å². The zero-order chi connectivity index (χ0) is 14.2. The Kier molecular flexibility index (Phi) is 5.75. The third kappa shape index (κ3) is 4.17. The number of anilines is 3. The standard InChI is InChI=1S/C12H22N6O2/c19-8-4-13-10-15-11(14-5-9-20)17-12(16-10)18-6-2-1-3-7-18/h19-20H,1-9H2,(H2,13,14,15,16,17). The molecule has 1 aromatic heterocycles. The maximum Gasteiger partial charge on any atom is 0.231 e. The average Bonchev–Trinajstić information content (AvgIpc) is 2.51. The van der Waals surface area contributed by atoms with Gasteiger partial charge in [0.25, 0.3) is 0 Å². The number of piperidine rings is 1. The highest BCUT2D eigenvalue weighted by Gasteiger charge is 2.16. The molecule has 1 aliphatic rings. The minimum atomic E-state index is 0.0180. The molecule has 4 N–H and O–H groups in total. The Morgan fingerprint density at radius 1 is 0.850 bits per heavy atom. The van der Waals surface area contributed by atoms with Gasteiger partial charge in [0.05, 0.1) is 13.2 Å².